The van der Waals surface area contributed by atoms with Crippen molar-refractivity contribution in [2.45, 2.75) is 32.4 Å². The fourth-order valence-electron chi connectivity index (χ4n) is 3.40. The van der Waals surface area contributed by atoms with Gasteiger partial charge in [-0.3, -0.25) is 14.9 Å². The Kier molecular flexibility index (Phi) is 5.30. The molecular formula is C20H21N3O5. The normalized spacial score (nSPS) is 16.2. The lowest BCUT2D eigenvalue weighted by molar-refractivity contribution is -0.384. The number of fused-ring (bicyclic) bond motifs is 1. The van der Waals surface area contributed by atoms with Crippen LogP contribution in [0.15, 0.2) is 42.5 Å². The molecule has 0 aliphatic carbocycles. The zero-order chi connectivity index (χ0) is 20.4. The third kappa shape index (κ3) is 3.53. The first-order valence-electron chi connectivity index (χ1n) is 8.91. The standard InChI is InChI=1S/C20H21N3O5/c1-12-10-14-6-4-5-7-17(14)22(12)19(24)13(2)28-20(25)15-8-9-16(21-3)18(11-15)23(26)27/h4-9,11-13,21H,10H2,1-3H3/t12-,13+/m1/s1. The summed E-state index contributed by atoms with van der Waals surface area (Å²) in [6.45, 7) is 3.44. The van der Waals surface area contributed by atoms with Crippen LogP contribution in [0, 0.1) is 10.1 Å². The van der Waals surface area contributed by atoms with Crippen molar-refractivity contribution >= 4 is 28.9 Å². The number of rotatable bonds is 5. The zero-order valence-corrected chi connectivity index (χ0v) is 15.8. The van der Waals surface area contributed by atoms with Gasteiger partial charge in [-0.2, -0.15) is 0 Å². The molecule has 1 aliphatic heterocycles. The quantitative estimate of drug-likeness (QED) is 0.483. The second kappa shape index (κ2) is 7.67. The largest absolute Gasteiger partial charge is 0.449 e. The summed E-state index contributed by atoms with van der Waals surface area (Å²) < 4.78 is 5.31. The van der Waals surface area contributed by atoms with Crippen LogP contribution in [0.25, 0.3) is 0 Å². The smallest absolute Gasteiger partial charge is 0.339 e. The predicted octanol–water partition coefficient (Wildman–Crippen LogP) is 3.16. The molecule has 1 heterocycles. The Morgan fingerprint density at radius 1 is 1.29 bits per heavy atom. The van der Waals surface area contributed by atoms with E-state index in [0.29, 0.717) is 0 Å². The van der Waals surface area contributed by atoms with Crippen LogP contribution < -0.4 is 10.2 Å². The van der Waals surface area contributed by atoms with E-state index >= 15 is 0 Å². The molecule has 0 bridgehead atoms. The van der Waals surface area contributed by atoms with Gasteiger partial charge in [0.15, 0.2) is 6.10 Å². The molecule has 1 N–H and O–H groups in total. The number of carbonyl (C=O) groups is 2. The number of amides is 1. The summed E-state index contributed by atoms with van der Waals surface area (Å²) in [5.74, 6) is -1.11. The fourth-order valence-corrected chi connectivity index (χ4v) is 3.40. The van der Waals surface area contributed by atoms with Gasteiger partial charge >= 0.3 is 5.97 Å². The Bertz CT molecular complexity index is 943. The molecule has 8 heteroatoms. The maximum absolute atomic E-state index is 12.9. The van der Waals surface area contributed by atoms with E-state index in [-0.39, 0.29) is 28.9 Å². The molecule has 0 radical (unpaired) electrons. The third-order valence-corrected chi connectivity index (χ3v) is 4.78. The van der Waals surface area contributed by atoms with Crippen molar-refractivity contribution in [2.75, 3.05) is 17.3 Å². The van der Waals surface area contributed by atoms with Crippen molar-refractivity contribution in [1.82, 2.24) is 0 Å². The molecule has 8 nitrogen and oxygen atoms in total. The molecule has 2 aromatic carbocycles. The first kappa shape index (κ1) is 19.3. The third-order valence-electron chi connectivity index (χ3n) is 4.78. The van der Waals surface area contributed by atoms with Gasteiger partial charge in [-0.1, -0.05) is 18.2 Å². The molecular weight excluding hydrogens is 362 g/mol. The number of para-hydroxylation sites is 1. The van der Waals surface area contributed by atoms with Gasteiger partial charge in [-0.05, 0) is 44.0 Å². The number of nitro groups is 1. The van der Waals surface area contributed by atoms with Gasteiger partial charge in [0, 0.05) is 24.8 Å². The Labute approximate surface area is 162 Å². The summed E-state index contributed by atoms with van der Waals surface area (Å²) in [6, 6.07) is 11.6. The van der Waals surface area contributed by atoms with Crippen molar-refractivity contribution in [2.24, 2.45) is 0 Å². The highest BCUT2D eigenvalue weighted by molar-refractivity contribution is 6.01. The first-order chi connectivity index (χ1) is 13.3. The highest BCUT2D eigenvalue weighted by atomic mass is 16.6. The van der Waals surface area contributed by atoms with Crippen molar-refractivity contribution in [3.63, 3.8) is 0 Å². The molecule has 2 atom stereocenters. The molecule has 28 heavy (non-hydrogen) atoms. The van der Waals surface area contributed by atoms with E-state index in [1.807, 2.05) is 31.2 Å². The summed E-state index contributed by atoms with van der Waals surface area (Å²) in [7, 11) is 1.55. The second-order valence-corrected chi connectivity index (χ2v) is 6.68. The van der Waals surface area contributed by atoms with E-state index in [1.165, 1.54) is 19.1 Å². The highest BCUT2D eigenvalue weighted by Crippen LogP contribution is 2.32. The molecule has 0 saturated carbocycles. The molecule has 0 saturated heterocycles. The van der Waals surface area contributed by atoms with Crippen molar-refractivity contribution in [3.8, 4) is 0 Å². The number of nitrogens with zero attached hydrogens (tertiary/aromatic N) is 2. The lowest BCUT2D eigenvalue weighted by Gasteiger charge is -2.25. The maximum atomic E-state index is 12.9. The van der Waals surface area contributed by atoms with Crippen LogP contribution in [0.2, 0.25) is 0 Å². The molecule has 0 spiro atoms. The van der Waals surface area contributed by atoms with E-state index < -0.39 is 17.0 Å². The minimum absolute atomic E-state index is 0.0141. The summed E-state index contributed by atoms with van der Waals surface area (Å²) in [5.41, 5.74) is 1.95. The SMILES string of the molecule is CNc1ccc(C(=O)O[C@@H](C)C(=O)N2c3ccccc3C[C@H]2C)cc1[N+](=O)[O-]. The van der Waals surface area contributed by atoms with Gasteiger partial charge in [0.25, 0.3) is 11.6 Å². The Morgan fingerprint density at radius 2 is 2.00 bits per heavy atom. The molecule has 1 aliphatic rings. The Balaban J connectivity index is 1.77. The van der Waals surface area contributed by atoms with Gasteiger partial charge in [-0.15, -0.1) is 0 Å². The summed E-state index contributed by atoms with van der Waals surface area (Å²) >= 11 is 0. The van der Waals surface area contributed by atoms with Crippen LogP contribution in [0.3, 0.4) is 0 Å². The average molecular weight is 383 g/mol. The number of hydrogen-bond acceptors (Lipinski definition) is 6. The molecule has 1 amide bonds. The molecule has 3 rings (SSSR count). The van der Waals surface area contributed by atoms with Gasteiger partial charge < -0.3 is 15.0 Å². The molecule has 0 unspecified atom stereocenters. The number of anilines is 2. The van der Waals surface area contributed by atoms with Crippen LogP contribution in [-0.2, 0) is 16.0 Å². The van der Waals surface area contributed by atoms with E-state index in [2.05, 4.69) is 5.32 Å². The monoisotopic (exact) mass is 383 g/mol. The summed E-state index contributed by atoms with van der Waals surface area (Å²) in [4.78, 5) is 37.6. The van der Waals surface area contributed by atoms with E-state index in [0.717, 1.165) is 23.7 Å². The van der Waals surface area contributed by atoms with Gasteiger partial charge in [0.1, 0.15) is 5.69 Å². The van der Waals surface area contributed by atoms with Crippen LogP contribution >= 0.6 is 0 Å². The van der Waals surface area contributed by atoms with E-state index in [4.69, 9.17) is 4.74 Å². The Hall–Kier alpha value is -3.42. The number of hydrogen-bond donors (Lipinski definition) is 1. The molecule has 2 aromatic rings. The lowest BCUT2D eigenvalue weighted by atomic mass is 10.1. The minimum atomic E-state index is -1.02. The highest BCUT2D eigenvalue weighted by Gasteiger charge is 2.34. The predicted molar refractivity (Wildman–Crippen MR) is 105 cm³/mol. The van der Waals surface area contributed by atoms with Gasteiger partial charge in [0.2, 0.25) is 0 Å². The number of ether oxygens (including phenoxy) is 1. The zero-order valence-electron chi connectivity index (χ0n) is 15.8. The van der Waals surface area contributed by atoms with E-state index in [9.17, 15) is 19.7 Å². The van der Waals surface area contributed by atoms with Crippen LogP contribution in [-0.4, -0.2) is 36.0 Å². The fraction of sp³-hybridized carbons (Fsp3) is 0.300. The molecule has 0 fully saturated rings. The minimum Gasteiger partial charge on any atom is -0.449 e. The van der Waals surface area contributed by atoms with Crippen LogP contribution in [0.4, 0.5) is 17.1 Å². The Morgan fingerprint density at radius 3 is 2.68 bits per heavy atom. The van der Waals surface area contributed by atoms with Crippen molar-refractivity contribution < 1.29 is 19.2 Å². The summed E-state index contributed by atoms with van der Waals surface area (Å²) in [6.07, 6.45) is -0.288. The number of esters is 1. The topological polar surface area (TPSA) is 102 Å². The van der Waals surface area contributed by atoms with Crippen molar-refractivity contribution in [3.05, 3.63) is 63.7 Å². The number of carbonyl (C=O) groups excluding carboxylic acids is 2. The average Bonchev–Trinajstić information content (AvgIpc) is 3.02. The van der Waals surface area contributed by atoms with Crippen LogP contribution in [0.5, 0.6) is 0 Å². The van der Waals surface area contributed by atoms with Crippen LogP contribution in [0.1, 0.15) is 29.8 Å². The van der Waals surface area contributed by atoms with Gasteiger partial charge in [0.05, 0.1) is 10.5 Å². The maximum Gasteiger partial charge on any atom is 0.339 e. The number of benzene rings is 2. The van der Waals surface area contributed by atoms with Gasteiger partial charge in [-0.25, -0.2) is 4.79 Å². The lowest BCUT2D eigenvalue weighted by Crippen LogP contribution is -2.43. The molecule has 0 aromatic heterocycles. The van der Waals surface area contributed by atoms with E-state index in [1.54, 1.807) is 11.9 Å². The number of nitro benzene ring substituents is 1. The van der Waals surface area contributed by atoms with Crippen molar-refractivity contribution in [1.29, 1.82) is 0 Å². The molecule has 146 valence electrons. The first-order valence-corrected chi connectivity index (χ1v) is 8.91. The summed E-state index contributed by atoms with van der Waals surface area (Å²) in [5, 5.41) is 13.9. The number of nitrogens with one attached hydrogen (secondary N) is 1. The second-order valence-electron chi connectivity index (χ2n) is 6.68.